The van der Waals surface area contributed by atoms with Crippen molar-refractivity contribution in [3.05, 3.63) is 35.9 Å². The number of nitrogens with one attached hydrogen (secondary N) is 1. The number of benzene rings is 1. The number of hydrogen-bond acceptors (Lipinski definition) is 5. The maximum Gasteiger partial charge on any atom is 0.265 e. The van der Waals surface area contributed by atoms with Gasteiger partial charge in [0.2, 0.25) is 0 Å². The van der Waals surface area contributed by atoms with Crippen LogP contribution >= 0.6 is 24.8 Å². The Hall–Kier alpha value is -1.34. The smallest absolute Gasteiger partial charge is 0.265 e. The highest BCUT2D eigenvalue weighted by molar-refractivity contribution is 6.25. The zero-order valence-electron chi connectivity index (χ0n) is 14.9. The van der Waals surface area contributed by atoms with Crippen LogP contribution in [0.5, 0.6) is 0 Å². The molecule has 0 saturated carbocycles. The summed E-state index contributed by atoms with van der Waals surface area (Å²) in [6.07, 6.45) is 2.85. The summed E-state index contributed by atoms with van der Waals surface area (Å²) in [5, 5.41) is 13.7. The first-order valence-corrected chi connectivity index (χ1v) is 7.98. The molecule has 1 rings (SSSR count). The molecule has 8 heteroatoms. The second-order valence-electron chi connectivity index (χ2n) is 5.81. The summed E-state index contributed by atoms with van der Waals surface area (Å²) in [4.78, 5) is 15.8. The Morgan fingerprint density at radius 3 is 2.36 bits per heavy atom. The topological polar surface area (TPSA) is 68.2 Å². The second kappa shape index (κ2) is 16.1. The number of carbonyl (C=O) groups excluding carboxylic acids is 1. The highest BCUT2D eigenvalue weighted by Gasteiger charge is 2.06. The normalized spacial score (nSPS) is 10.6. The van der Waals surface area contributed by atoms with Gasteiger partial charge in [0.05, 0.1) is 0 Å². The van der Waals surface area contributed by atoms with Gasteiger partial charge in [0, 0.05) is 19.6 Å². The maximum absolute atomic E-state index is 11.2. The fraction of sp³-hybridized carbons (Fsp3) is 0.529. The van der Waals surface area contributed by atoms with E-state index in [0.29, 0.717) is 6.54 Å². The van der Waals surface area contributed by atoms with E-state index in [1.807, 2.05) is 6.07 Å². The van der Waals surface area contributed by atoms with E-state index in [4.69, 9.17) is 5.21 Å². The van der Waals surface area contributed by atoms with Crippen molar-refractivity contribution in [1.82, 2.24) is 15.1 Å². The monoisotopic (exact) mass is 392 g/mol. The predicted molar refractivity (Wildman–Crippen MR) is 107 cm³/mol. The fourth-order valence-corrected chi connectivity index (χ4v) is 2.33. The van der Waals surface area contributed by atoms with Crippen molar-refractivity contribution in [1.29, 1.82) is 0 Å². The molecule has 0 radical (unpaired) electrons. The minimum absolute atomic E-state index is 0. The summed E-state index contributed by atoms with van der Waals surface area (Å²) in [6, 6.07) is 10.4. The summed E-state index contributed by atoms with van der Waals surface area (Å²) < 4.78 is 0. The number of hydrogen-bond donors (Lipinski definition) is 2. The predicted octanol–water partition coefficient (Wildman–Crippen LogP) is 2.25. The van der Waals surface area contributed by atoms with Gasteiger partial charge in [-0.2, -0.15) is 0 Å². The van der Waals surface area contributed by atoms with Gasteiger partial charge in [0.1, 0.15) is 6.21 Å². The minimum Gasteiger partial charge on any atom is -0.411 e. The van der Waals surface area contributed by atoms with E-state index in [9.17, 15) is 4.79 Å². The Kier molecular flexibility index (Phi) is 16.7. The molecule has 0 aliphatic rings. The van der Waals surface area contributed by atoms with E-state index >= 15 is 0 Å². The minimum atomic E-state index is -0.366. The molecular weight excluding hydrogens is 363 g/mol. The van der Waals surface area contributed by atoms with Crippen molar-refractivity contribution >= 4 is 36.9 Å². The van der Waals surface area contributed by atoms with Crippen LogP contribution in [0.4, 0.5) is 0 Å². The van der Waals surface area contributed by atoms with Gasteiger partial charge >= 0.3 is 0 Å². The van der Waals surface area contributed by atoms with Gasteiger partial charge in [-0.05, 0) is 45.6 Å². The Morgan fingerprint density at radius 2 is 1.76 bits per heavy atom. The van der Waals surface area contributed by atoms with E-state index in [1.54, 1.807) is 0 Å². The van der Waals surface area contributed by atoms with Crippen molar-refractivity contribution in [2.75, 3.05) is 40.3 Å². The lowest BCUT2D eigenvalue weighted by Gasteiger charge is -2.23. The van der Waals surface area contributed by atoms with Gasteiger partial charge < -0.3 is 15.4 Å². The van der Waals surface area contributed by atoms with Crippen molar-refractivity contribution in [3.8, 4) is 0 Å². The third-order valence-corrected chi connectivity index (χ3v) is 3.45. The van der Waals surface area contributed by atoms with Crippen LogP contribution in [0.15, 0.2) is 35.5 Å². The van der Waals surface area contributed by atoms with Crippen molar-refractivity contribution < 1.29 is 10.0 Å². The number of halogens is 2. The molecule has 2 N–H and O–H groups in total. The number of oxime groups is 1. The van der Waals surface area contributed by atoms with Gasteiger partial charge in [-0.15, -0.1) is 24.8 Å². The van der Waals surface area contributed by atoms with Crippen LogP contribution in [0.2, 0.25) is 0 Å². The van der Waals surface area contributed by atoms with Crippen LogP contribution < -0.4 is 5.32 Å². The first-order valence-electron chi connectivity index (χ1n) is 7.98. The first-order chi connectivity index (χ1) is 11.1. The van der Waals surface area contributed by atoms with E-state index < -0.39 is 0 Å². The third kappa shape index (κ3) is 13.6. The molecule has 6 nitrogen and oxygen atoms in total. The molecule has 1 amide bonds. The van der Waals surface area contributed by atoms with Crippen LogP contribution in [-0.4, -0.2) is 67.4 Å². The molecule has 144 valence electrons. The standard InChI is InChI=1S/C17H28N4O2.2ClH/c1-20(2)11-7-13-21(15-16-8-4-3-5-9-16)12-6-10-18-17(22)14-19-23;;/h3-5,8-9,14,23H,6-7,10-13,15H2,1-2H3,(H,18,22);2*1H. The number of rotatable bonds is 11. The molecule has 0 unspecified atom stereocenters. The molecular formula is C17H30Cl2N4O2. The lowest BCUT2D eigenvalue weighted by molar-refractivity contribution is -0.114. The molecule has 0 atom stereocenters. The third-order valence-electron chi connectivity index (χ3n) is 3.45. The second-order valence-corrected chi connectivity index (χ2v) is 5.81. The molecule has 25 heavy (non-hydrogen) atoms. The van der Waals surface area contributed by atoms with Gasteiger partial charge in [-0.1, -0.05) is 35.5 Å². The van der Waals surface area contributed by atoms with Crippen molar-refractivity contribution in [3.63, 3.8) is 0 Å². The highest BCUT2D eigenvalue weighted by atomic mass is 35.5. The largest absolute Gasteiger partial charge is 0.411 e. The Labute approximate surface area is 163 Å². The number of nitrogens with zero attached hydrogens (tertiary/aromatic N) is 3. The van der Waals surface area contributed by atoms with Crippen LogP contribution in [0.1, 0.15) is 18.4 Å². The lowest BCUT2D eigenvalue weighted by Crippen LogP contribution is -2.31. The molecule has 1 aromatic carbocycles. The molecule has 0 aliphatic heterocycles. The average molecular weight is 393 g/mol. The first kappa shape index (κ1) is 25.9. The Balaban J connectivity index is 0. The fourth-order valence-electron chi connectivity index (χ4n) is 2.33. The summed E-state index contributed by atoms with van der Waals surface area (Å²) in [7, 11) is 4.17. The van der Waals surface area contributed by atoms with Crippen LogP contribution in [0.25, 0.3) is 0 Å². The molecule has 0 heterocycles. The van der Waals surface area contributed by atoms with Gasteiger partial charge in [0.15, 0.2) is 0 Å². The zero-order chi connectivity index (χ0) is 16.9. The van der Waals surface area contributed by atoms with Gasteiger partial charge in [0.25, 0.3) is 5.91 Å². The van der Waals surface area contributed by atoms with Crippen molar-refractivity contribution in [2.45, 2.75) is 19.4 Å². The molecule has 1 aromatic rings. The highest BCUT2D eigenvalue weighted by Crippen LogP contribution is 2.06. The van der Waals surface area contributed by atoms with Gasteiger partial charge in [-0.25, -0.2) is 0 Å². The van der Waals surface area contributed by atoms with Crippen LogP contribution in [-0.2, 0) is 11.3 Å². The quantitative estimate of drug-likeness (QED) is 0.262. The van der Waals surface area contributed by atoms with E-state index in [1.165, 1.54) is 5.56 Å². The molecule has 0 aromatic heterocycles. The van der Waals surface area contributed by atoms with Crippen molar-refractivity contribution in [2.24, 2.45) is 5.16 Å². The number of carbonyl (C=O) groups is 1. The summed E-state index contributed by atoms with van der Waals surface area (Å²) >= 11 is 0. The molecule has 0 bridgehead atoms. The molecule has 0 fully saturated rings. The molecule has 0 spiro atoms. The lowest BCUT2D eigenvalue weighted by atomic mass is 10.2. The summed E-state index contributed by atoms with van der Waals surface area (Å²) in [5.41, 5.74) is 1.30. The summed E-state index contributed by atoms with van der Waals surface area (Å²) in [6.45, 7) is 4.50. The molecule has 0 saturated heterocycles. The van der Waals surface area contributed by atoms with E-state index in [2.05, 4.69) is 58.6 Å². The Morgan fingerprint density at radius 1 is 1.12 bits per heavy atom. The van der Waals surface area contributed by atoms with E-state index in [-0.39, 0.29) is 30.7 Å². The number of amides is 1. The zero-order valence-corrected chi connectivity index (χ0v) is 16.6. The maximum atomic E-state index is 11.2. The van der Waals surface area contributed by atoms with Gasteiger partial charge in [-0.3, -0.25) is 9.69 Å². The Bertz CT molecular complexity index is 473. The van der Waals surface area contributed by atoms with E-state index in [0.717, 1.165) is 45.2 Å². The summed E-state index contributed by atoms with van der Waals surface area (Å²) in [5.74, 6) is -0.366. The van der Waals surface area contributed by atoms with Crippen LogP contribution in [0, 0.1) is 0 Å². The average Bonchev–Trinajstić information content (AvgIpc) is 2.52. The SMILES string of the molecule is CN(C)CCCN(CCCNC(=O)C=NO)Cc1ccccc1.Cl.Cl. The van der Waals surface area contributed by atoms with Crippen LogP contribution in [0.3, 0.4) is 0 Å². The molecule has 0 aliphatic carbocycles.